The lowest BCUT2D eigenvalue weighted by molar-refractivity contribution is 0.877. The fourth-order valence-corrected chi connectivity index (χ4v) is 3.07. The van der Waals surface area contributed by atoms with Gasteiger partial charge in [-0.1, -0.05) is 11.6 Å². The minimum atomic E-state index is 0.496. The summed E-state index contributed by atoms with van der Waals surface area (Å²) in [6.07, 6.45) is 4.09. The van der Waals surface area contributed by atoms with Gasteiger partial charge >= 0.3 is 0 Å². The van der Waals surface area contributed by atoms with Crippen molar-refractivity contribution in [2.45, 2.75) is 28.8 Å². The van der Waals surface area contributed by atoms with Crippen molar-refractivity contribution in [1.29, 1.82) is 0 Å². The number of halogens is 2. The van der Waals surface area contributed by atoms with Crippen LogP contribution in [0.1, 0.15) is 24.6 Å². The van der Waals surface area contributed by atoms with Gasteiger partial charge in [0.1, 0.15) is 21.0 Å². The van der Waals surface area contributed by atoms with Gasteiger partial charge in [-0.15, -0.1) is 0 Å². The van der Waals surface area contributed by atoms with Crippen molar-refractivity contribution >= 4 is 39.3 Å². The summed E-state index contributed by atoms with van der Waals surface area (Å²) >= 11 is 11.0. The predicted octanol–water partition coefficient (Wildman–Crippen LogP) is 4.32. The lowest BCUT2D eigenvalue weighted by Crippen LogP contribution is -1.94. The van der Waals surface area contributed by atoms with Crippen molar-refractivity contribution < 1.29 is 0 Å². The van der Waals surface area contributed by atoms with Gasteiger partial charge < -0.3 is 0 Å². The largest absolute Gasteiger partial charge is 0.248 e. The first-order valence-electron chi connectivity index (χ1n) is 5.55. The number of aromatic nitrogens is 3. The lowest BCUT2D eigenvalue weighted by atomic mass is 10.4. The molecular formula is C12H9BrClN3S. The van der Waals surface area contributed by atoms with Crippen LogP contribution in [0.2, 0.25) is 5.15 Å². The van der Waals surface area contributed by atoms with Gasteiger partial charge in [-0.25, -0.2) is 15.0 Å². The summed E-state index contributed by atoms with van der Waals surface area (Å²) in [7, 11) is 0. The van der Waals surface area contributed by atoms with Crippen LogP contribution in [-0.2, 0) is 0 Å². The highest BCUT2D eigenvalue weighted by atomic mass is 79.9. The fraction of sp³-hybridized carbons (Fsp3) is 0.250. The summed E-state index contributed by atoms with van der Waals surface area (Å²) < 4.78 is 0.956. The Morgan fingerprint density at radius 2 is 2.17 bits per heavy atom. The molecule has 0 atom stereocenters. The van der Waals surface area contributed by atoms with Crippen molar-refractivity contribution in [1.82, 2.24) is 15.0 Å². The maximum Gasteiger partial charge on any atom is 0.134 e. The second-order valence-corrected chi connectivity index (χ2v) is 6.30. The minimum Gasteiger partial charge on any atom is -0.248 e. The van der Waals surface area contributed by atoms with Crippen LogP contribution >= 0.6 is 39.3 Å². The summed E-state index contributed by atoms with van der Waals surface area (Å²) in [6, 6.07) is 5.62. The van der Waals surface area contributed by atoms with E-state index in [1.807, 2.05) is 12.1 Å². The molecule has 0 amide bonds. The number of rotatable bonds is 3. The van der Waals surface area contributed by atoms with Gasteiger partial charge in [-0.05, 0) is 52.7 Å². The monoisotopic (exact) mass is 341 g/mol. The molecule has 0 aliphatic heterocycles. The van der Waals surface area contributed by atoms with Crippen molar-refractivity contribution in [3.63, 3.8) is 0 Å². The maximum atomic E-state index is 6.03. The Morgan fingerprint density at radius 3 is 2.89 bits per heavy atom. The van der Waals surface area contributed by atoms with Gasteiger partial charge in [0, 0.05) is 18.2 Å². The normalized spacial score (nSPS) is 14.8. The zero-order chi connectivity index (χ0) is 12.5. The van der Waals surface area contributed by atoms with E-state index in [4.69, 9.17) is 11.6 Å². The van der Waals surface area contributed by atoms with Crippen LogP contribution in [0.3, 0.4) is 0 Å². The molecule has 0 bridgehead atoms. The summed E-state index contributed by atoms with van der Waals surface area (Å²) in [4.78, 5) is 13.1. The molecular weight excluding hydrogens is 334 g/mol. The molecule has 2 heterocycles. The molecule has 1 fully saturated rings. The molecule has 0 spiro atoms. The molecule has 3 rings (SSSR count). The number of pyridine rings is 1. The van der Waals surface area contributed by atoms with Gasteiger partial charge in [0.2, 0.25) is 0 Å². The highest BCUT2D eigenvalue weighted by Gasteiger charge is 2.27. The average Bonchev–Trinajstić information content (AvgIpc) is 3.15. The van der Waals surface area contributed by atoms with Gasteiger partial charge in [0.25, 0.3) is 0 Å². The number of hydrogen-bond acceptors (Lipinski definition) is 4. The Labute approximate surface area is 123 Å². The maximum absolute atomic E-state index is 6.03. The van der Waals surface area contributed by atoms with Gasteiger partial charge in [-0.3, -0.25) is 0 Å². The molecule has 2 aromatic rings. The van der Waals surface area contributed by atoms with Gasteiger partial charge in [0.05, 0.1) is 4.47 Å². The highest BCUT2D eigenvalue weighted by molar-refractivity contribution is 9.10. The van der Waals surface area contributed by atoms with E-state index in [1.54, 1.807) is 12.3 Å². The Hall–Kier alpha value is -0.650. The average molecular weight is 343 g/mol. The summed E-state index contributed by atoms with van der Waals surface area (Å²) in [5, 5.41) is 2.23. The van der Waals surface area contributed by atoms with Gasteiger partial charge in [0.15, 0.2) is 0 Å². The van der Waals surface area contributed by atoms with E-state index in [-0.39, 0.29) is 0 Å². The van der Waals surface area contributed by atoms with Crippen LogP contribution in [0, 0.1) is 0 Å². The molecule has 0 saturated heterocycles. The first-order valence-corrected chi connectivity index (χ1v) is 7.54. The topological polar surface area (TPSA) is 38.7 Å². The SMILES string of the molecule is Clc1cc(Sc2ncccc2Br)nc(C2CC2)n1. The second kappa shape index (κ2) is 5.15. The molecule has 3 nitrogen and oxygen atoms in total. The van der Waals surface area contributed by atoms with E-state index in [9.17, 15) is 0 Å². The van der Waals surface area contributed by atoms with E-state index in [0.29, 0.717) is 11.1 Å². The molecule has 6 heteroatoms. The van der Waals surface area contributed by atoms with Crippen LogP contribution in [0.15, 0.2) is 38.9 Å². The highest BCUT2D eigenvalue weighted by Crippen LogP contribution is 2.40. The van der Waals surface area contributed by atoms with E-state index in [2.05, 4.69) is 30.9 Å². The van der Waals surface area contributed by atoms with Crippen molar-refractivity contribution in [2.75, 3.05) is 0 Å². The number of hydrogen-bond donors (Lipinski definition) is 0. The molecule has 1 aliphatic rings. The molecule has 2 aromatic heterocycles. The van der Waals surface area contributed by atoms with Gasteiger partial charge in [-0.2, -0.15) is 0 Å². The van der Waals surface area contributed by atoms with Crippen LogP contribution in [0.5, 0.6) is 0 Å². The Morgan fingerprint density at radius 1 is 1.33 bits per heavy atom. The van der Waals surface area contributed by atoms with E-state index < -0.39 is 0 Å². The van der Waals surface area contributed by atoms with Crippen molar-refractivity contribution in [3.8, 4) is 0 Å². The van der Waals surface area contributed by atoms with Crippen molar-refractivity contribution in [3.05, 3.63) is 39.8 Å². The quantitative estimate of drug-likeness (QED) is 0.779. The molecule has 0 aromatic carbocycles. The third kappa shape index (κ3) is 2.84. The van der Waals surface area contributed by atoms with E-state index >= 15 is 0 Å². The summed E-state index contributed by atoms with van der Waals surface area (Å²) in [6.45, 7) is 0. The standard InChI is InChI=1S/C12H9BrClN3S/c13-8-2-1-5-15-12(8)18-10-6-9(14)16-11(17-10)7-3-4-7/h1-2,5-7H,3-4H2. The van der Waals surface area contributed by atoms with Crippen LogP contribution in [-0.4, -0.2) is 15.0 Å². The molecule has 92 valence electrons. The number of nitrogens with zero attached hydrogens (tertiary/aromatic N) is 3. The van der Waals surface area contributed by atoms with Crippen molar-refractivity contribution in [2.24, 2.45) is 0 Å². The zero-order valence-corrected chi connectivity index (χ0v) is 12.5. The van der Waals surface area contributed by atoms with E-state index in [1.165, 1.54) is 11.8 Å². The van der Waals surface area contributed by atoms with Crippen LogP contribution in [0.4, 0.5) is 0 Å². The third-order valence-electron chi connectivity index (χ3n) is 2.56. The summed E-state index contributed by atoms with van der Waals surface area (Å²) in [5.74, 6) is 1.35. The molecule has 0 unspecified atom stereocenters. The Kier molecular flexibility index (Phi) is 3.54. The van der Waals surface area contributed by atoms with Crippen LogP contribution in [0.25, 0.3) is 0 Å². The minimum absolute atomic E-state index is 0.496. The smallest absolute Gasteiger partial charge is 0.134 e. The molecule has 1 saturated carbocycles. The second-order valence-electron chi connectivity index (χ2n) is 4.05. The first kappa shape index (κ1) is 12.4. The summed E-state index contributed by atoms with van der Waals surface area (Å²) in [5.41, 5.74) is 0. The molecule has 18 heavy (non-hydrogen) atoms. The Balaban J connectivity index is 1.90. The molecule has 1 aliphatic carbocycles. The third-order valence-corrected chi connectivity index (χ3v) is 4.59. The molecule has 0 radical (unpaired) electrons. The molecule has 0 N–H and O–H groups in total. The first-order chi connectivity index (χ1) is 8.72. The Bertz CT molecular complexity index is 589. The van der Waals surface area contributed by atoms with Crippen LogP contribution < -0.4 is 0 Å². The fourth-order valence-electron chi connectivity index (χ4n) is 1.54. The predicted molar refractivity (Wildman–Crippen MR) is 75.1 cm³/mol. The lowest BCUT2D eigenvalue weighted by Gasteiger charge is -2.04. The van der Waals surface area contributed by atoms with E-state index in [0.717, 1.165) is 33.2 Å². The zero-order valence-electron chi connectivity index (χ0n) is 9.31.